The number of ether oxygens (including phenoxy) is 1. The Balaban J connectivity index is 2.70. The molecule has 0 aliphatic carbocycles. The molecule has 0 unspecified atom stereocenters. The van der Waals surface area contributed by atoms with Crippen molar-refractivity contribution in [3.05, 3.63) is 47.7 Å². The average Bonchev–Trinajstić information content (AvgIpc) is 2.54. The molecular weight excluding hydrogens is 339 g/mol. The summed E-state index contributed by atoms with van der Waals surface area (Å²) in [5.41, 5.74) is 5.49. The fourth-order valence-corrected chi connectivity index (χ4v) is 1.65. The number of ketones is 1. The fourth-order valence-electron chi connectivity index (χ4n) is 1.65. The summed E-state index contributed by atoms with van der Waals surface area (Å²) in [6.45, 7) is -0.0305. The third-order valence-electron chi connectivity index (χ3n) is 2.75. The van der Waals surface area contributed by atoms with Gasteiger partial charge in [-0.15, -0.1) is 0 Å². The molecule has 136 valence electrons. The lowest BCUT2D eigenvalue weighted by atomic mass is 10.1. The van der Waals surface area contributed by atoms with Crippen LogP contribution in [0.1, 0.15) is 12.6 Å². The fraction of sp³-hybridized carbons (Fsp3) is 0.312. The Morgan fingerprint density at radius 1 is 1.36 bits per heavy atom. The van der Waals surface area contributed by atoms with Crippen molar-refractivity contribution in [3.63, 3.8) is 0 Å². The number of halogens is 3. The van der Waals surface area contributed by atoms with Crippen molar-refractivity contribution in [1.29, 1.82) is 0 Å². The summed E-state index contributed by atoms with van der Waals surface area (Å²) in [5, 5.41) is 2.47. The van der Waals surface area contributed by atoms with Crippen molar-refractivity contribution < 1.29 is 27.5 Å². The first-order valence-electron chi connectivity index (χ1n) is 7.24. The van der Waals surface area contributed by atoms with Crippen LogP contribution in [0, 0.1) is 0 Å². The molecule has 1 aromatic rings. The summed E-state index contributed by atoms with van der Waals surface area (Å²) >= 11 is 0. The number of hydrogen-bond acceptors (Lipinski definition) is 5. The van der Waals surface area contributed by atoms with Crippen LogP contribution < -0.4 is 15.8 Å². The average molecular weight is 357 g/mol. The highest BCUT2D eigenvalue weighted by molar-refractivity contribution is 6.18. The molecule has 9 heteroatoms. The second-order valence-corrected chi connectivity index (χ2v) is 4.85. The smallest absolute Gasteiger partial charge is 0.422 e. The first-order valence-corrected chi connectivity index (χ1v) is 7.24. The van der Waals surface area contributed by atoms with Crippen molar-refractivity contribution in [2.75, 3.05) is 13.2 Å². The zero-order valence-corrected chi connectivity index (χ0v) is 13.5. The van der Waals surface area contributed by atoms with Gasteiger partial charge in [-0.05, 0) is 19.1 Å². The Labute approximate surface area is 142 Å². The molecule has 1 aromatic heterocycles. The number of nitrogens with zero attached hydrogens (tertiary/aromatic N) is 1. The highest BCUT2D eigenvalue weighted by atomic mass is 19.4. The molecule has 6 nitrogen and oxygen atoms in total. The number of carbonyl (C=O) groups excluding carboxylic acids is 2. The van der Waals surface area contributed by atoms with E-state index < -0.39 is 24.5 Å². The van der Waals surface area contributed by atoms with Crippen molar-refractivity contribution in [2.45, 2.75) is 19.6 Å². The van der Waals surface area contributed by atoms with Crippen LogP contribution in [0.4, 0.5) is 13.2 Å². The van der Waals surface area contributed by atoms with Gasteiger partial charge < -0.3 is 15.8 Å². The summed E-state index contributed by atoms with van der Waals surface area (Å²) in [5.74, 6) is -1.27. The molecule has 3 N–H and O–H groups in total. The second kappa shape index (κ2) is 9.58. The molecule has 1 amide bonds. The van der Waals surface area contributed by atoms with E-state index in [9.17, 15) is 22.8 Å². The first kappa shape index (κ1) is 20.4. The van der Waals surface area contributed by atoms with Crippen LogP contribution in [0.5, 0.6) is 5.88 Å². The number of amides is 1. The maximum Gasteiger partial charge on any atom is 0.422 e. The number of rotatable bonds is 8. The quantitative estimate of drug-likeness (QED) is 0.319. The monoisotopic (exact) mass is 357 g/mol. The van der Waals surface area contributed by atoms with Gasteiger partial charge in [-0.25, -0.2) is 4.98 Å². The van der Waals surface area contributed by atoms with Crippen LogP contribution in [0.15, 0.2) is 42.0 Å². The Morgan fingerprint density at radius 2 is 2.08 bits per heavy atom. The van der Waals surface area contributed by atoms with Crippen LogP contribution in [0.3, 0.4) is 0 Å². The van der Waals surface area contributed by atoms with E-state index in [4.69, 9.17) is 5.73 Å². The minimum atomic E-state index is -4.47. The zero-order chi connectivity index (χ0) is 18.9. The van der Waals surface area contributed by atoms with E-state index in [1.165, 1.54) is 37.3 Å². The van der Waals surface area contributed by atoms with Crippen LogP contribution >= 0.6 is 0 Å². The minimum Gasteiger partial charge on any atom is -0.468 e. The van der Waals surface area contributed by atoms with Gasteiger partial charge in [0, 0.05) is 12.6 Å². The number of alkyl halides is 3. The van der Waals surface area contributed by atoms with Crippen LogP contribution in [-0.2, 0) is 16.1 Å². The molecular formula is C16H18F3N3O3. The third-order valence-corrected chi connectivity index (χ3v) is 2.75. The van der Waals surface area contributed by atoms with Gasteiger partial charge in [0.2, 0.25) is 5.88 Å². The third kappa shape index (κ3) is 8.11. The topological polar surface area (TPSA) is 94.3 Å². The summed E-state index contributed by atoms with van der Waals surface area (Å²) in [6.07, 6.45) is -0.0790. The van der Waals surface area contributed by atoms with E-state index in [-0.39, 0.29) is 30.2 Å². The molecule has 25 heavy (non-hydrogen) atoms. The second-order valence-electron chi connectivity index (χ2n) is 4.85. The van der Waals surface area contributed by atoms with Gasteiger partial charge in [-0.2, -0.15) is 13.2 Å². The first-order chi connectivity index (χ1) is 11.7. The Hall–Kier alpha value is -2.68. The summed E-state index contributed by atoms with van der Waals surface area (Å²) < 4.78 is 40.9. The Morgan fingerprint density at radius 3 is 2.68 bits per heavy atom. The Kier molecular flexibility index (Phi) is 7.80. The molecule has 0 radical (unpaired) electrons. The van der Waals surface area contributed by atoms with Gasteiger partial charge in [0.15, 0.2) is 12.4 Å². The lowest BCUT2D eigenvalue weighted by Crippen LogP contribution is -2.27. The largest absolute Gasteiger partial charge is 0.468 e. The van der Waals surface area contributed by atoms with Crippen LogP contribution in [0.25, 0.3) is 0 Å². The molecule has 0 aliphatic rings. The Bertz CT molecular complexity index is 670. The number of allylic oxidation sites excluding steroid dienone is 2. The standard InChI is InChI=1S/C16H18F3N3O3/c1-11(23)13(6-2-3-8-20)15(24)21-9-12-5-4-7-14(22-12)25-10-16(17,18)19/h2-7H,8-10,20H2,1H3,(H,21,24)/b3-2-,13-6?. The van der Waals surface area contributed by atoms with Gasteiger partial charge in [-0.3, -0.25) is 9.59 Å². The predicted molar refractivity (Wildman–Crippen MR) is 84.6 cm³/mol. The van der Waals surface area contributed by atoms with Gasteiger partial charge in [0.1, 0.15) is 0 Å². The van der Waals surface area contributed by atoms with Crippen molar-refractivity contribution in [2.24, 2.45) is 5.73 Å². The summed E-state index contributed by atoms with van der Waals surface area (Å²) in [7, 11) is 0. The van der Waals surface area contributed by atoms with E-state index in [1.807, 2.05) is 0 Å². The minimum absolute atomic E-state index is 0.0748. The molecule has 0 aliphatic heterocycles. The number of pyridine rings is 1. The van der Waals surface area contributed by atoms with Gasteiger partial charge >= 0.3 is 6.18 Å². The number of aromatic nitrogens is 1. The predicted octanol–water partition coefficient (Wildman–Crippen LogP) is 1.67. The molecule has 1 rings (SSSR count). The van der Waals surface area contributed by atoms with Crippen molar-refractivity contribution >= 4 is 11.7 Å². The maximum absolute atomic E-state index is 12.1. The number of carbonyl (C=O) groups is 2. The van der Waals surface area contributed by atoms with Crippen molar-refractivity contribution in [3.8, 4) is 5.88 Å². The normalized spacial score (nSPS) is 12.3. The van der Waals surface area contributed by atoms with E-state index in [2.05, 4.69) is 15.0 Å². The molecule has 1 heterocycles. The maximum atomic E-state index is 12.1. The lowest BCUT2D eigenvalue weighted by molar-refractivity contribution is -0.154. The molecule has 0 bridgehead atoms. The van der Waals surface area contributed by atoms with Crippen LogP contribution in [0.2, 0.25) is 0 Å². The molecule has 0 saturated heterocycles. The van der Waals surface area contributed by atoms with E-state index in [1.54, 1.807) is 6.08 Å². The van der Waals surface area contributed by atoms with Gasteiger partial charge in [0.05, 0.1) is 17.8 Å². The van der Waals surface area contributed by atoms with E-state index in [0.717, 1.165) is 0 Å². The number of nitrogens with two attached hydrogens (primary N) is 1. The van der Waals surface area contributed by atoms with Crippen molar-refractivity contribution in [1.82, 2.24) is 10.3 Å². The highest BCUT2D eigenvalue weighted by Gasteiger charge is 2.28. The molecule has 0 fully saturated rings. The van der Waals surface area contributed by atoms with Crippen LogP contribution in [-0.4, -0.2) is 36.0 Å². The number of nitrogens with one attached hydrogen (secondary N) is 1. The molecule has 0 saturated carbocycles. The summed E-state index contributed by atoms with van der Waals surface area (Å²) in [6, 6.07) is 4.23. The zero-order valence-electron chi connectivity index (χ0n) is 13.5. The van der Waals surface area contributed by atoms with E-state index >= 15 is 0 Å². The number of hydrogen-bond donors (Lipinski definition) is 2. The molecule has 0 atom stereocenters. The SMILES string of the molecule is CC(=O)C(=C/C=C\CN)C(=O)NCc1cccc(OCC(F)(F)F)n1. The molecule has 0 aromatic carbocycles. The molecule has 0 spiro atoms. The summed E-state index contributed by atoms with van der Waals surface area (Å²) in [4.78, 5) is 27.4. The lowest BCUT2D eigenvalue weighted by Gasteiger charge is -2.10. The van der Waals surface area contributed by atoms with Gasteiger partial charge in [0.25, 0.3) is 5.91 Å². The van der Waals surface area contributed by atoms with E-state index in [0.29, 0.717) is 0 Å². The highest BCUT2D eigenvalue weighted by Crippen LogP contribution is 2.17. The van der Waals surface area contributed by atoms with Gasteiger partial charge in [-0.1, -0.05) is 18.2 Å². The number of Topliss-reactive ketones (excluding diaryl/α,β-unsaturated/α-hetero) is 1.